The zero-order chi connectivity index (χ0) is 45.3. The Hall–Kier alpha value is -1.04. The quantitative estimate of drug-likeness (QED) is 0.0184. The number of esters is 4. The number of ether oxygens (including phenoxy) is 4. The van der Waals surface area contributed by atoms with Gasteiger partial charge in [0.1, 0.15) is 20.2 Å². The molecule has 0 rings (SSSR count). The monoisotopic (exact) mass is 938 g/mol. The molecule has 0 saturated heterocycles. The van der Waals surface area contributed by atoms with Crippen LogP contribution in [0.15, 0.2) is 0 Å². The third-order valence-corrected chi connectivity index (χ3v) is 12.0. The van der Waals surface area contributed by atoms with E-state index in [9.17, 15) is 45.1 Å². The maximum Gasteiger partial charge on any atom is 2.00 e. The van der Waals surface area contributed by atoms with Gasteiger partial charge in [-0.1, -0.05) is 182 Å². The maximum atomic E-state index is 12.0. The summed E-state index contributed by atoms with van der Waals surface area (Å²) < 4.78 is 88.1. The molecule has 14 nitrogen and oxygen atoms in total. The fourth-order valence-electron chi connectivity index (χ4n) is 6.17. The first-order chi connectivity index (χ1) is 28.6. The van der Waals surface area contributed by atoms with E-state index in [0.717, 1.165) is 77.0 Å². The van der Waals surface area contributed by atoms with Gasteiger partial charge >= 0.3 is 61.6 Å². The van der Waals surface area contributed by atoms with Crippen LogP contribution in [-0.4, -0.2) is 124 Å². The van der Waals surface area contributed by atoms with Crippen LogP contribution in [0.2, 0.25) is 0 Å². The molecule has 61 heavy (non-hydrogen) atoms. The standard InChI is InChI=1S/2C22H42O7S.Ca/c2*1-3-5-7-9-11-13-15-17-28-21(23)19-20(30(25,26)27)22(24)29-18-16-14-12-10-8-6-4-2;/h2*20H,3-19H2,1-2H3,(H,25,26,27);/q;;+2/p-2. The van der Waals surface area contributed by atoms with Crippen molar-refractivity contribution in [1.29, 1.82) is 0 Å². The van der Waals surface area contributed by atoms with Crippen LogP contribution in [-0.2, 0) is 58.4 Å². The number of hydrogen-bond donors (Lipinski definition) is 0. The molecular formula is C44H82CaO14S2. The Morgan fingerprint density at radius 2 is 0.557 bits per heavy atom. The molecule has 0 spiro atoms. The van der Waals surface area contributed by atoms with Crippen LogP contribution in [0.4, 0.5) is 0 Å². The van der Waals surface area contributed by atoms with Crippen molar-refractivity contribution in [3.8, 4) is 0 Å². The zero-order valence-electron chi connectivity index (χ0n) is 38.4. The third kappa shape index (κ3) is 42.7. The molecule has 0 aromatic rings. The van der Waals surface area contributed by atoms with Crippen molar-refractivity contribution in [1.82, 2.24) is 0 Å². The summed E-state index contributed by atoms with van der Waals surface area (Å²) in [6, 6.07) is 0. The average molecular weight is 939 g/mol. The van der Waals surface area contributed by atoms with Gasteiger partial charge in [0.15, 0.2) is 10.5 Å². The van der Waals surface area contributed by atoms with Crippen molar-refractivity contribution in [3.05, 3.63) is 0 Å². The van der Waals surface area contributed by atoms with E-state index in [4.69, 9.17) is 18.9 Å². The summed E-state index contributed by atoms with van der Waals surface area (Å²) in [6.45, 7) is 9.01. The van der Waals surface area contributed by atoms with Gasteiger partial charge in [0.25, 0.3) is 0 Å². The van der Waals surface area contributed by atoms with Crippen molar-refractivity contribution < 1.29 is 64.1 Å². The Bertz CT molecular complexity index is 1200. The van der Waals surface area contributed by atoms with Crippen molar-refractivity contribution in [3.63, 3.8) is 0 Å². The second-order valence-electron chi connectivity index (χ2n) is 15.6. The molecule has 356 valence electrons. The maximum absolute atomic E-state index is 12.0. The van der Waals surface area contributed by atoms with E-state index in [1.807, 2.05) is 0 Å². The number of unbranched alkanes of at least 4 members (excludes halogenated alkanes) is 24. The average Bonchev–Trinajstić information content (AvgIpc) is 3.19. The van der Waals surface area contributed by atoms with Crippen LogP contribution in [0, 0.1) is 0 Å². The second kappa shape index (κ2) is 44.2. The van der Waals surface area contributed by atoms with E-state index in [1.165, 1.54) is 77.0 Å². The van der Waals surface area contributed by atoms with Gasteiger partial charge in [-0.3, -0.25) is 19.2 Å². The molecule has 2 unspecified atom stereocenters. The minimum atomic E-state index is -4.99. The molecule has 0 fully saturated rings. The summed E-state index contributed by atoms with van der Waals surface area (Å²) in [5, 5.41) is -4.08. The Morgan fingerprint density at radius 1 is 0.361 bits per heavy atom. The molecule has 0 aliphatic rings. The first-order valence-corrected chi connectivity index (χ1v) is 26.1. The molecule has 2 atom stereocenters. The molecule has 17 heteroatoms. The molecule has 0 bridgehead atoms. The Morgan fingerprint density at radius 3 is 0.770 bits per heavy atom. The number of rotatable bonds is 40. The van der Waals surface area contributed by atoms with Crippen LogP contribution in [0.5, 0.6) is 0 Å². The van der Waals surface area contributed by atoms with Gasteiger partial charge in [-0.25, -0.2) is 16.8 Å². The SMILES string of the molecule is CCCCCCCCCOC(=O)CC(C(=O)OCCCCCCCCC)S(=O)(=O)[O-].CCCCCCCCCOC(=O)CC(C(=O)OCCCCCCCCC)S(=O)(=O)[O-].[Ca+2]. The number of carbonyl (C=O) groups excluding carboxylic acids is 4. The molecule has 0 aromatic heterocycles. The fraction of sp³-hybridized carbons (Fsp3) is 0.909. The van der Waals surface area contributed by atoms with Gasteiger partial charge in [0, 0.05) is 0 Å². The number of hydrogen-bond acceptors (Lipinski definition) is 14. The van der Waals surface area contributed by atoms with E-state index in [0.29, 0.717) is 25.7 Å². The predicted octanol–water partition coefficient (Wildman–Crippen LogP) is 9.38. The predicted molar refractivity (Wildman–Crippen MR) is 238 cm³/mol. The van der Waals surface area contributed by atoms with Gasteiger partial charge in [-0.15, -0.1) is 0 Å². The van der Waals surface area contributed by atoms with Gasteiger partial charge < -0.3 is 28.1 Å². The first kappa shape index (κ1) is 64.2. The molecule has 0 radical (unpaired) electrons. The summed E-state index contributed by atoms with van der Waals surface area (Å²) >= 11 is 0. The first-order valence-electron chi connectivity index (χ1n) is 23.2. The van der Waals surface area contributed by atoms with E-state index >= 15 is 0 Å². The summed E-state index contributed by atoms with van der Waals surface area (Å²) in [5.41, 5.74) is 0. The minimum Gasteiger partial charge on any atom is -0.747 e. The molecule has 0 heterocycles. The van der Waals surface area contributed by atoms with Crippen molar-refractivity contribution in [2.75, 3.05) is 26.4 Å². The largest absolute Gasteiger partial charge is 2.00 e. The molecule has 0 aromatic carbocycles. The second-order valence-corrected chi connectivity index (χ2v) is 18.7. The topological polar surface area (TPSA) is 220 Å². The Balaban J connectivity index is -0.00000109. The van der Waals surface area contributed by atoms with Crippen LogP contribution < -0.4 is 0 Å². The van der Waals surface area contributed by atoms with Crippen LogP contribution >= 0.6 is 0 Å². The van der Waals surface area contributed by atoms with Gasteiger partial charge in [0.05, 0.1) is 39.3 Å². The normalized spacial score (nSPS) is 12.3. The van der Waals surface area contributed by atoms with Crippen LogP contribution in [0.1, 0.15) is 220 Å². The summed E-state index contributed by atoms with van der Waals surface area (Å²) in [4.78, 5) is 47.7. The van der Waals surface area contributed by atoms with Gasteiger partial charge in [-0.2, -0.15) is 0 Å². The van der Waals surface area contributed by atoms with E-state index < -0.39 is 67.5 Å². The smallest absolute Gasteiger partial charge is 0.747 e. The molecular weight excluding hydrogens is 857 g/mol. The minimum absolute atomic E-state index is 0. The fourth-order valence-corrected chi connectivity index (χ4v) is 7.46. The summed E-state index contributed by atoms with van der Waals surface area (Å²) in [7, 11) is -9.98. The Kier molecular flexibility index (Phi) is 46.5. The summed E-state index contributed by atoms with van der Waals surface area (Å²) in [5.74, 6) is -4.05. The zero-order valence-corrected chi connectivity index (χ0v) is 42.3. The summed E-state index contributed by atoms with van der Waals surface area (Å²) in [6.07, 6.45) is 27.5. The van der Waals surface area contributed by atoms with E-state index in [1.54, 1.807) is 0 Å². The molecule has 0 saturated carbocycles. The van der Waals surface area contributed by atoms with E-state index in [2.05, 4.69) is 27.7 Å². The van der Waals surface area contributed by atoms with Gasteiger partial charge in [-0.05, 0) is 25.7 Å². The molecule has 0 amide bonds. The molecule has 0 aliphatic carbocycles. The van der Waals surface area contributed by atoms with Crippen LogP contribution in [0.3, 0.4) is 0 Å². The third-order valence-electron chi connectivity index (χ3n) is 9.93. The van der Waals surface area contributed by atoms with Crippen molar-refractivity contribution in [2.45, 2.75) is 231 Å². The van der Waals surface area contributed by atoms with Crippen molar-refractivity contribution in [2.24, 2.45) is 0 Å². The Labute approximate surface area is 400 Å². The molecule has 0 N–H and O–H groups in total. The van der Waals surface area contributed by atoms with Gasteiger partial charge in [0.2, 0.25) is 0 Å². The van der Waals surface area contributed by atoms with E-state index in [-0.39, 0.29) is 64.2 Å². The van der Waals surface area contributed by atoms with Crippen molar-refractivity contribution >= 4 is 81.9 Å². The van der Waals surface area contributed by atoms with Crippen LogP contribution in [0.25, 0.3) is 0 Å². The molecule has 0 aliphatic heterocycles. The number of carbonyl (C=O) groups is 4.